The van der Waals surface area contributed by atoms with E-state index in [1.165, 1.54) is 11.1 Å². The zero-order valence-corrected chi connectivity index (χ0v) is 18.0. The molecule has 1 amide bonds. The lowest BCUT2D eigenvalue weighted by Crippen LogP contribution is -2.45. The second-order valence-electron chi connectivity index (χ2n) is 7.49. The number of amides is 1. The highest BCUT2D eigenvalue weighted by atomic mass is 16.1. The quantitative estimate of drug-likeness (QED) is 0.531. The molecule has 1 aliphatic heterocycles. The Hall–Kier alpha value is -2.08. The summed E-state index contributed by atoms with van der Waals surface area (Å²) in [6, 6.07) is 8.80. The lowest BCUT2D eigenvalue weighted by atomic mass is 9.93. The molecule has 0 bridgehead atoms. The van der Waals surface area contributed by atoms with Crippen molar-refractivity contribution in [1.29, 1.82) is 0 Å². The van der Waals surface area contributed by atoms with Gasteiger partial charge in [-0.25, -0.2) is 0 Å². The van der Waals surface area contributed by atoms with E-state index in [0.29, 0.717) is 12.3 Å². The van der Waals surface area contributed by atoms with Crippen molar-refractivity contribution in [3.8, 4) is 0 Å². The van der Waals surface area contributed by atoms with Gasteiger partial charge >= 0.3 is 0 Å². The van der Waals surface area contributed by atoms with Crippen LogP contribution in [-0.4, -0.2) is 61.9 Å². The molecule has 0 aliphatic carbocycles. The predicted molar refractivity (Wildman–Crippen MR) is 116 cm³/mol. The second-order valence-corrected chi connectivity index (χ2v) is 7.49. The topological polar surface area (TPSA) is 60.0 Å². The molecule has 0 saturated carbocycles. The first-order valence-electron chi connectivity index (χ1n) is 10.6. The van der Waals surface area contributed by atoms with Crippen LogP contribution < -0.4 is 10.6 Å². The van der Waals surface area contributed by atoms with Crippen molar-refractivity contribution < 1.29 is 4.79 Å². The fourth-order valence-electron chi connectivity index (χ4n) is 3.77. The van der Waals surface area contributed by atoms with Gasteiger partial charge in [0, 0.05) is 46.7 Å². The van der Waals surface area contributed by atoms with Crippen LogP contribution >= 0.6 is 0 Å². The fraction of sp³-hybridized carbons (Fsp3) is 0.636. The molecule has 0 spiro atoms. The van der Waals surface area contributed by atoms with Gasteiger partial charge in [-0.15, -0.1) is 0 Å². The molecule has 0 aromatic heterocycles. The third-order valence-electron chi connectivity index (χ3n) is 5.62. The first-order chi connectivity index (χ1) is 13.6. The Kier molecular flexibility index (Phi) is 9.28. The number of carbonyl (C=O) groups is 1. The molecule has 1 fully saturated rings. The minimum Gasteiger partial charge on any atom is -0.359 e. The van der Waals surface area contributed by atoms with E-state index in [1.54, 1.807) is 7.05 Å². The maximum Gasteiger partial charge on any atom is 0.220 e. The highest BCUT2D eigenvalue weighted by molar-refractivity contribution is 5.80. The van der Waals surface area contributed by atoms with Crippen molar-refractivity contribution in [2.75, 3.05) is 40.3 Å². The van der Waals surface area contributed by atoms with Gasteiger partial charge in [-0.1, -0.05) is 38.1 Å². The average molecular weight is 388 g/mol. The summed E-state index contributed by atoms with van der Waals surface area (Å²) >= 11 is 0. The second kappa shape index (κ2) is 11.7. The molecular formula is C22H37N5O. The molecule has 1 aliphatic rings. The molecular weight excluding hydrogens is 350 g/mol. The van der Waals surface area contributed by atoms with Gasteiger partial charge in [0.15, 0.2) is 5.96 Å². The molecule has 2 N–H and O–H groups in total. The van der Waals surface area contributed by atoms with Crippen LogP contribution in [0.5, 0.6) is 0 Å². The molecule has 1 saturated heterocycles. The molecule has 0 atom stereocenters. The van der Waals surface area contributed by atoms with Gasteiger partial charge in [-0.05, 0) is 43.0 Å². The van der Waals surface area contributed by atoms with Crippen molar-refractivity contribution in [3.63, 3.8) is 0 Å². The van der Waals surface area contributed by atoms with Gasteiger partial charge in [-0.3, -0.25) is 14.7 Å². The van der Waals surface area contributed by atoms with Gasteiger partial charge in [0.1, 0.15) is 0 Å². The van der Waals surface area contributed by atoms with Crippen molar-refractivity contribution in [2.45, 2.75) is 46.2 Å². The number of carbonyl (C=O) groups excluding carboxylic acids is 1. The molecule has 1 aromatic carbocycles. The molecule has 0 radical (unpaired) electrons. The summed E-state index contributed by atoms with van der Waals surface area (Å²) in [7, 11) is 3.55. The van der Waals surface area contributed by atoms with E-state index < -0.39 is 0 Å². The maximum atomic E-state index is 11.6. The zero-order valence-electron chi connectivity index (χ0n) is 18.0. The van der Waals surface area contributed by atoms with Crippen LogP contribution in [0.3, 0.4) is 0 Å². The molecule has 1 heterocycles. The van der Waals surface area contributed by atoms with Crippen LogP contribution in [0.2, 0.25) is 0 Å². The van der Waals surface area contributed by atoms with Gasteiger partial charge in [-0.2, -0.15) is 0 Å². The van der Waals surface area contributed by atoms with Crippen molar-refractivity contribution in [2.24, 2.45) is 10.9 Å². The largest absolute Gasteiger partial charge is 0.359 e. The van der Waals surface area contributed by atoms with Crippen molar-refractivity contribution >= 4 is 11.9 Å². The van der Waals surface area contributed by atoms with Crippen LogP contribution in [0.4, 0.5) is 0 Å². The average Bonchev–Trinajstić information content (AvgIpc) is 2.73. The highest BCUT2D eigenvalue weighted by Gasteiger charge is 2.23. The summed E-state index contributed by atoms with van der Waals surface area (Å²) in [5, 5.41) is 6.24. The van der Waals surface area contributed by atoms with Gasteiger partial charge in [0.2, 0.25) is 5.91 Å². The van der Waals surface area contributed by atoms with E-state index in [1.807, 2.05) is 7.05 Å². The van der Waals surface area contributed by atoms with Crippen molar-refractivity contribution in [3.05, 3.63) is 35.4 Å². The van der Waals surface area contributed by atoms with Gasteiger partial charge < -0.3 is 15.5 Å². The third kappa shape index (κ3) is 6.82. The fourth-order valence-corrected chi connectivity index (χ4v) is 3.77. The zero-order chi connectivity index (χ0) is 20.4. The molecule has 1 aromatic rings. The number of nitrogens with zero attached hydrogens (tertiary/aromatic N) is 3. The first kappa shape index (κ1) is 22.2. The Bertz CT molecular complexity index is 634. The van der Waals surface area contributed by atoms with E-state index in [9.17, 15) is 4.79 Å². The molecule has 2 rings (SSSR count). The number of piperidine rings is 1. The smallest absolute Gasteiger partial charge is 0.220 e. The standard InChI is InChI=1S/C22H37N5O/c1-5-26(6-2)17-20-9-7-8-19(14-20)16-25-22(24-4)27-12-10-18(11-13-27)15-21(28)23-3/h7-9,14,18H,5-6,10-13,15-17H2,1-4H3,(H,23,28)(H,24,25). The van der Waals surface area contributed by atoms with Crippen LogP contribution in [-0.2, 0) is 17.9 Å². The molecule has 0 unspecified atom stereocenters. The Morgan fingerprint density at radius 2 is 1.89 bits per heavy atom. The molecule has 6 heteroatoms. The third-order valence-corrected chi connectivity index (χ3v) is 5.62. The summed E-state index contributed by atoms with van der Waals surface area (Å²) in [5.74, 6) is 1.57. The maximum absolute atomic E-state index is 11.6. The number of hydrogen-bond acceptors (Lipinski definition) is 3. The Labute approximate surface area is 170 Å². The van der Waals surface area contributed by atoms with E-state index in [4.69, 9.17) is 0 Å². The van der Waals surface area contributed by atoms with E-state index in [2.05, 4.69) is 63.5 Å². The summed E-state index contributed by atoms with van der Waals surface area (Å²) in [4.78, 5) is 20.8. The lowest BCUT2D eigenvalue weighted by Gasteiger charge is -2.34. The summed E-state index contributed by atoms with van der Waals surface area (Å²) in [6.07, 6.45) is 2.71. The SMILES string of the molecule is CCN(CC)Cc1cccc(CNC(=NC)N2CCC(CC(=O)NC)CC2)c1. The van der Waals surface area contributed by atoms with Crippen LogP contribution in [0.1, 0.15) is 44.2 Å². The van der Waals surface area contributed by atoms with Gasteiger partial charge in [0.05, 0.1) is 0 Å². The first-order valence-corrected chi connectivity index (χ1v) is 10.6. The summed E-state index contributed by atoms with van der Waals surface area (Å²) in [5.41, 5.74) is 2.63. The number of hydrogen-bond donors (Lipinski definition) is 2. The van der Waals surface area contributed by atoms with E-state index in [0.717, 1.165) is 58.1 Å². The van der Waals surface area contributed by atoms with E-state index in [-0.39, 0.29) is 5.91 Å². The summed E-state index contributed by atoms with van der Waals surface area (Å²) in [6.45, 7) is 10.2. The normalized spacial score (nSPS) is 15.8. The Balaban J connectivity index is 1.85. The van der Waals surface area contributed by atoms with E-state index >= 15 is 0 Å². The number of benzene rings is 1. The summed E-state index contributed by atoms with van der Waals surface area (Å²) < 4.78 is 0. The van der Waals surface area contributed by atoms with Crippen LogP contribution in [0.25, 0.3) is 0 Å². The number of rotatable bonds is 8. The molecule has 6 nitrogen and oxygen atoms in total. The number of likely N-dealkylation sites (tertiary alicyclic amines) is 1. The van der Waals surface area contributed by atoms with Gasteiger partial charge in [0.25, 0.3) is 0 Å². The minimum atomic E-state index is 0.144. The molecule has 28 heavy (non-hydrogen) atoms. The predicted octanol–water partition coefficient (Wildman–Crippen LogP) is 2.45. The highest BCUT2D eigenvalue weighted by Crippen LogP contribution is 2.20. The minimum absolute atomic E-state index is 0.144. The number of nitrogens with one attached hydrogen (secondary N) is 2. The van der Waals surface area contributed by atoms with Crippen LogP contribution in [0, 0.1) is 5.92 Å². The molecule has 156 valence electrons. The van der Waals surface area contributed by atoms with Crippen LogP contribution in [0.15, 0.2) is 29.3 Å². The number of guanidine groups is 1. The Morgan fingerprint density at radius 1 is 1.21 bits per heavy atom. The van der Waals surface area contributed by atoms with Crippen molar-refractivity contribution in [1.82, 2.24) is 20.4 Å². The number of aliphatic imine (C=N–C) groups is 1. The lowest BCUT2D eigenvalue weighted by molar-refractivity contribution is -0.121. The monoisotopic (exact) mass is 387 g/mol. The Morgan fingerprint density at radius 3 is 2.50 bits per heavy atom.